The highest BCUT2D eigenvalue weighted by molar-refractivity contribution is 7.99. The maximum atomic E-state index is 4.33. The van der Waals surface area contributed by atoms with E-state index in [4.69, 9.17) is 0 Å². The molecule has 0 saturated carbocycles. The van der Waals surface area contributed by atoms with Gasteiger partial charge in [-0.25, -0.2) is 4.98 Å². The maximum Gasteiger partial charge on any atom is 0.0962 e. The van der Waals surface area contributed by atoms with Gasteiger partial charge in [-0.05, 0) is 31.4 Å². The second kappa shape index (κ2) is 6.67. The van der Waals surface area contributed by atoms with Gasteiger partial charge < -0.3 is 0 Å². The minimum absolute atomic E-state index is 0.608. The van der Waals surface area contributed by atoms with Gasteiger partial charge in [0.1, 0.15) is 0 Å². The Balaban J connectivity index is 2.44. The summed E-state index contributed by atoms with van der Waals surface area (Å²) < 4.78 is 0. The molecular formula is C13H19NS. The van der Waals surface area contributed by atoms with Crippen LogP contribution in [0, 0.1) is 5.92 Å². The van der Waals surface area contributed by atoms with E-state index in [9.17, 15) is 0 Å². The topological polar surface area (TPSA) is 12.9 Å². The van der Waals surface area contributed by atoms with E-state index in [0.717, 1.165) is 11.4 Å². The fourth-order valence-electron chi connectivity index (χ4n) is 1.27. The third-order valence-electron chi connectivity index (χ3n) is 2.49. The van der Waals surface area contributed by atoms with Crippen LogP contribution in [-0.4, -0.2) is 10.2 Å². The first-order valence-electron chi connectivity index (χ1n) is 5.43. The van der Waals surface area contributed by atoms with E-state index in [-0.39, 0.29) is 0 Å². The normalized spacial score (nSPS) is 15.4. The zero-order chi connectivity index (χ0) is 11.1. The molecule has 15 heavy (non-hydrogen) atoms. The number of aromatic nitrogens is 1. The average molecular weight is 221 g/mol. The first kappa shape index (κ1) is 12.3. The number of hydrogen-bond donors (Lipinski definition) is 0. The van der Waals surface area contributed by atoms with Gasteiger partial charge in [-0.15, -0.1) is 11.8 Å². The molecule has 2 atom stereocenters. The lowest BCUT2D eigenvalue weighted by molar-refractivity contribution is 0.586. The molecule has 82 valence electrons. The number of pyridine rings is 1. The molecule has 0 saturated heterocycles. The van der Waals surface area contributed by atoms with Gasteiger partial charge in [0, 0.05) is 11.4 Å². The molecule has 1 rings (SSSR count). The Labute approximate surface area is 97.0 Å². The van der Waals surface area contributed by atoms with Crippen LogP contribution in [0.3, 0.4) is 0 Å². The van der Waals surface area contributed by atoms with Gasteiger partial charge in [0.05, 0.1) is 5.03 Å². The summed E-state index contributed by atoms with van der Waals surface area (Å²) in [5.41, 5.74) is 0. The van der Waals surface area contributed by atoms with Crippen molar-refractivity contribution in [3.63, 3.8) is 0 Å². The van der Waals surface area contributed by atoms with E-state index in [1.165, 1.54) is 0 Å². The molecule has 1 nitrogen and oxygen atoms in total. The molecular weight excluding hydrogens is 202 g/mol. The van der Waals surface area contributed by atoms with E-state index in [1.807, 2.05) is 30.1 Å². The second-order valence-electron chi connectivity index (χ2n) is 3.77. The molecule has 0 N–H and O–H groups in total. The van der Waals surface area contributed by atoms with Gasteiger partial charge in [-0.2, -0.15) is 0 Å². The average Bonchev–Trinajstić information content (AvgIpc) is 2.27. The predicted octanol–water partition coefficient (Wildman–Crippen LogP) is 4.16. The minimum Gasteiger partial charge on any atom is -0.250 e. The second-order valence-corrected chi connectivity index (χ2v) is 5.17. The summed E-state index contributed by atoms with van der Waals surface area (Å²) in [6.07, 6.45) is 7.36. The molecule has 0 aliphatic heterocycles. The summed E-state index contributed by atoms with van der Waals surface area (Å²) in [6.45, 7) is 6.64. The Kier molecular flexibility index (Phi) is 5.48. The number of rotatable bonds is 5. The van der Waals surface area contributed by atoms with Crippen LogP contribution in [-0.2, 0) is 0 Å². The van der Waals surface area contributed by atoms with Gasteiger partial charge >= 0.3 is 0 Å². The van der Waals surface area contributed by atoms with Crippen LogP contribution in [0.2, 0.25) is 0 Å². The molecule has 0 aliphatic rings. The molecule has 0 spiro atoms. The molecule has 0 bridgehead atoms. The van der Waals surface area contributed by atoms with Gasteiger partial charge in [0.15, 0.2) is 0 Å². The lowest BCUT2D eigenvalue weighted by Gasteiger charge is -2.17. The molecule has 1 aromatic rings. The highest BCUT2D eigenvalue weighted by atomic mass is 32.2. The number of thioether (sulfide) groups is 1. The van der Waals surface area contributed by atoms with Crippen molar-refractivity contribution in [1.82, 2.24) is 4.98 Å². The standard InChI is InChI=1S/C13H19NS/c1-4-5-8-11(2)12(3)15-13-9-6-7-10-14-13/h4-7,9-12H,8H2,1-3H3/b5-4+/t11-,12+/m0/s1. The maximum absolute atomic E-state index is 4.33. The van der Waals surface area contributed by atoms with Gasteiger partial charge in [0.2, 0.25) is 0 Å². The summed E-state index contributed by atoms with van der Waals surface area (Å²) in [6, 6.07) is 6.07. The third-order valence-corrected chi connectivity index (χ3v) is 3.81. The summed E-state index contributed by atoms with van der Waals surface area (Å²) >= 11 is 1.86. The van der Waals surface area contributed by atoms with Gasteiger partial charge in [-0.1, -0.05) is 32.1 Å². The molecule has 0 unspecified atom stereocenters. The smallest absolute Gasteiger partial charge is 0.0962 e. The molecule has 0 radical (unpaired) electrons. The lowest BCUT2D eigenvalue weighted by Crippen LogP contribution is -2.09. The van der Waals surface area contributed by atoms with Crippen molar-refractivity contribution in [2.75, 3.05) is 0 Å². The Bertz CT molecular complexity index is 295. The summed E-state index contributed by atoms with van der Waals surface area (Å²) in [7, 11) is 0. The van der Waals surface area contributed by atoms with Crippen LogP contribution in [0.5, 0.6) is 0 Å². The van der Waals surface area contributed by atoms with Crippen molar-refractivity contribution in [1.29, 1.82) is 0 Å². The van der Waals surface area contributed by atoms with Crippen molar-refractivity contribution in [3.05, 3.63) is 36.5 Å². The highest BCUT2D eigenvalue weighted by Crippen LogP contribution is 2.27. The van der Waals surface area contributed by atoms with Crippen molar-refractivity contribution >= 4 is 11.8 Å². The van der Waals surface area contributed by atoms with Crippen LogP contribution < -0.4 is 0 Å². The van der Waals surface area contributed by atoms with Gasteiger partial charge in [-0.3, -0.25) is 0 Å². The molecule has 2 heteroatoms. The van der Waals surface area contributed by atoms with E-state index < -0.39 is 0 Å². The largest absolute Gasteiger partial charge is 0.250 e. The van der Waals surface area contributed by atoms with Crippen molar-refractivity contribution in [3.8, 4) is 0 Å². The Morgan fingerprint density at radius 2 is 2.20 bits per heavy atom. The third kappa shape index (κ3) is 4.52. The molecule has 0 fully saturated rings. The first-order chi connectivity index (χ1) is 7.24. The van der Waals surface area contributed by atoms with Crippen molar-refractivity contribution < 1.29 is 0 Å². The van der Waals surface area contributed by atoms with Crippen LogP contribution in [0.15, 0.2) is 41.6 Å². The summed E-state index contributed by atoms with van der Waals surface area (Å²) in [5.74, 6) is 0.688. The minimum atomic E-state index is 0.608. The Morgan fingerprint density at radius 1 is 1.40 bits per heavy atom. The van der Waals surface area contributed by atoms with E-state index in [0.29, 0.717) is 11.2 Å². The zero-order valence-electron chi connectivity index (χ0n) is 9.68. The zero-order valence-corrected chi connectivity index (χ0v) is 10.5. The Hall–Kier alpha value is -0.760. The fraction of sp³-hybridized carbons (Fsp3) is 0.462. The van der Waals surface area contributed by atoms with Crippen LogP contribution in [0.4, 0.5) is 0 Å². The highest BCUT2D eigenvalue weighted by Gasteiger charge is 2.12. The SMILES string of the molecule is C/C=C/C[C@H](C)[C@@H](C)Sc1ccccn1. The van der Waals surface area contributed by atoms with Crippen LogP contribution in [0.25, 0.3) is 0 Å². The monoisotopic (exact) mass is 221 g/mol. The van der Waals surface area contributed by atoms with Crippen molar-refractivity contribution in [2.45, 2.75) is 37.5 Å². The molecule has 0 amide bonds. The quantitative estimate of drug-likeness (QED) is 0.547. The van der Waals surface area contributed by atoms with Crippen LogP contribution >= 0.6 is 11.8 Å². The number of nitrogens with zero attached hydrogens (tertiary/aromatic N) is 1. The molecule has 1 aromatic heterocycles. The van der Waals surface area contributed by atoms with E-state index >= 15 is 0 Å². The Morgan fingerprint density at radius 3 is 2.80 bits per heavy atom. The molecule has 1 heterocycles. The van der Waals surface area contributed by atoms with E-state index in [2.05, 4.69) is 44.0 Å². The lowest BCUT2D eigenvalue weighted by atomic mass is 10.0. The predicted molar refractivity (Wildman–Crippen MR) is 68.2 cm³/mol. The van der Waals surface area contributed by atoms with Gasteiger partial charge in [0.25, 0.3) is 0 Å². The first-order valence-corrected chi connectivity index (χ1v) is 6.31. The number of hydrogen-bond acceptors (Lipinski definition) is 2. The summed E-state index contributed by atoms with van der Waals surface area (Å²) in [4.78, 5) is 4.33. The summed E-state index contributed by atoms with van der Waals surface area (Å²) in [5, 5.41) is 1.73. The van der Waals surface area contributed by atoms with E-state index in [1.54, 1.807) is 0 Å². The molecule has 0 aromatic carbocycles. The number of allylic oxidation sites excluding steroid dienone is 2. The molecule has 0 aliphatic carbocycles. The fourth-order valence-corrected chi connectivity index (χ4v) is 2.27. The van der Waals surface area contributed by atoms with Crippen LogP contribution in [0.1, 0.15) is 27.2 Å². The van der Waals surface area contributed by atoms with Crippen molar-refractivity contribution in [2.24, 2.45) is 5.92 Å².